The zero-order chi connectivity index (χ0) is 21.1. The maximum absolute atomic E-state index is 12.9. The molecule has 7 heteroatoms. The number of carbonyl (C=O) groups excluding carboxylic acids is 3. The summed E-state index contributed by atoms with van der Waals surface area (Å²) in [5.74, 6) is -1.25. The number of urea groups is 1. The minimum Gasteiger partial charge on any atom is -0.273 e. The summed E-state index contributed by atoms with van der Waals surface area (Å²) >= 11 is 0. The van der Waals surface area contributed by atoms with Gasteiger partial charge in [-0.3, -0.25) is 19.8 Å². The van der Waals surface area contributed by atoms with Crippen molar-refractivity contribution in [2.45, 2.75) is 39.0 Å². The molecular formula is C23H24N4O3. The smallest absolute Gasteiger partial charge is 0.273 e. The van der Waals surface area contributed by atoms with Crippen LogP contribution in [0.1, 0.15) is 43.2 Å². The van der Waals surface area contributed by atoms with Crippen LogP contribution in [0.3, 0.4) is 0 Å². The van der Waals surface area contributed by atoms with Gasteiger partial charge < -0.3 is 0 Å². The molecule has 30 heavy (non-hydrogen) atoms. The molecule has 0 unspecified atom stereocenters. The summed E-state index contributed by atoms with van der Waals surface area (Å²) < 4.78 is 1.68. The lowest BCUT2D eigenvalue weighted by molar-refractivity contribution is -0.130. The van der Waals surface area contributed by atoms with E-state index >= 15 is 0 Å². The molecule has 1 fully saturated rings. The first-order chi connectivity index (χ1) is 14.5. The van der Waals surface area contributed by atoms with E-state index in [4.69, 9.17) is 0 Å². The number of hydrogen-bond acceptors (Lipinski definition) is 4. The van der Waals surface area contributed by atoms with Crippen molar-refractivity contribution in [3.63, 3.8) is 0 Å². The van der Waals surface area contributed by atoms with Crippen LogP contribution in [0.4, 0.5) is 4.79 Å². The molecule has 1 N–H and O–H groups in total. The van der Waals surface area contributed by atoms with Crippen molar-refractivity contribution < 1.29 is 14.4 Å². The van der Waals surface area contributed by atoms with Crippen molar-refractivity contribution in [2.24, 2.45) is 0 Å². The van der Waals surface area contributed by atoms with Crippen LogP contribution in [0.25, 0.3) is 11.8 Å². The Bertz CT molecular complexity index is 1050. The molecule has 0 atom stereocenters. The molecule has 0 saturated carbocycles. The normalized spacial score (nSPS) is 18.6. The first-order valence-electron chi connectivity index (χ1n) is 10.2. The Hall–Kier alpha value is -3.48. The summed E-state index contributed by atoms with van der Waals surface area (Å²) in [6.07, 6.45) is 12.0. The van der Waals surface area contributed by atoms with Gasteiger partial charge in [-0.05, 0) is 57.2 Å². The van der Waals surface area contributed by atoms with Crippen LogP contribution in [0.2, 0.25) is 0 Å². The van der Waals surface area contributed by atoms with Crippen LogP contribution in [0, 0.1) is 6.92 Å². The standard InChI is InChI=1S/C23H24N4O3/c1-16-7-9-19(10-8-16)27-15-18(14-24-27)13-20-21(28)25-23(30)26(22(20)29)12-11-17-5-3-2-4-6-17/h5,7-10,13-15H,2-4,6,11-12H2,1H3,(H,25,28,30)/b20-13+. The Labute approximate surface area is 175 Å². The van der Waals surface area contributed by atoms with Crippen LogP contribution < -0.4 is 5.32 Å². The first-order valence-corrected chi connectivity index (χ1v) is 10.2. The number of hydrogen-bond donors (Lipinski definition) is 1. The summed E-state index contributed by atoms with van der Waals surface area (Å²) in [5, 5.41) is 6.58. The molecule has 0 spiro atoms. The highest BCUT2D eigenvalue weighted by molar-refractivity contribution is 6.31. The molecule has 1 aromatic heterocycles. The van der Waals surface area contributed by atoms with Gasteiger partial charge in [0.25, 0.3) is 11.8 Å². The second-order valence-electron chi connectivity index (χ2n) is 7.69. The quantitative estimate of drug-likeness (QED) is 0.469. The molecule has 154 valence electrons. The molecule has 1 aliphatic carbocycles. The summed E-state index contributed by atoms with van der Waals surface area (Å²) in [6.45, 7) is 2.28. The summed E-state index contributed by atoms with van der Waals surface area (Å²) in [6, 6.07) is 7.20. The lowest BCUT2D eigenvalue weighted by Crippen LogP contribution is -2.54. The van der Waals surface area contributed by atoms with E-state index < -0.39 is 17.8 Å². The highest BCUT2D eigenvalue weighted by Crippen LogP contribution is 2.22. The summed E-state index contributed by atoms with van der Waals surface area (Å²) in [7, 11) is 0. The van der Waals surface area contributed by atoms with Gasteiger partial charge in [0.2, 0.25) is 0 Å². The first kappa shape index (κ1) is 19.8. The third-order valence-electron chi connectivity index (χ3n) is 5.44. The van der Waals surface area contributed by atoms with Crippen LogP contribution in [-0.4, -0.2) is 39.1 Å². The number of nitrogens with zero attached hydrogens (tertiary/aromatic N) is 3. The highest BCUT2D eigenvalue weighted by Gasteiger charge is 2.35. The molecule has 4 amide bonds. The fourth-order valence-electron chi connectivity index (χ4n) is 3.70. The van der Waals surface area contributed by atoms with Crippen molar-refractivity contribution in [1.29, 1.82) is 0 Å². The van der Waals surface area contributed by atoms with E-state index in [-0.39, 0.29) is 12.1 Å². The van der Waals surface area contributed by atoms with Crippen LogP contribution in [0.5, 0.6) is 0 Å². The number of benzene rings is 1. The number of carbonyl (C=O) groups is 3. The average Bonchev–Trinajstić information content (AvgIpc) is 3.21. The van der Waals surface area contributed by atoms with Gasteiger partial charge in [-0.15, -0.1) is 0 Å². The Morgan fingerprint density at radius 1 is 1.13 bits per heavy atom. The third-order valence-corrected chi connectivity index (χ3v) is 5.44. The van der Waals surface area contributed by atoms with Gasteiger partial charge in [0, 0.05) is 18.3 Å². The van der Waals surface area contributed by atoms with Gasteiger partial charge in [-0.25, -0.2) is 9.48 Å². The number of imide groups is 2. The molecule has 2 heterocycles. The number of barbiturate groups is 1. The van der Waals surface area contributed by atoms with E-state index in [0.717, 1.165) is 35.4 Å². The van der Waals surface area contributed by atoms with E-state index in [9.17, 15) is 14.4 Å². The van der Waals surface area contributed by atoms with Gasteiger partial charge in [0.05, 0.1) is 11.9 Å². The lowest BCUT2D eigenvalue weighted by atomic mass is 9.97. The predicted octanol–water partition coefficient (Wildman–Crippen LogP) is 3.53. The number of nitrogens with one attached hydrogen (secondary N) is 1. The van der Waals surface area contributed by atoms with Gasteiger partial charge in [-0.2, -0.15) is 5.10 Å². The van der Waals surface area contributed by atoms with E-state index in [2.05, 4.69) is 16.5 Å². The second-order valence-corrected chi connectivity index (χ2v) is 7.69. The topological polar surface area (TPSA) is 84.3 Å². The van der Waals surface area contributed by atoms with Crippen LogP contribution in [0.15, 0.2) is 53.9 Å². The minimum atomic E-state index is -0.679. The molecule has 2 aromatic rings. The lowest BCUT2D eigenvalue weighted by Gasteiger charge is -2.27. The number of aromatic nitrogens is 2. The molecule has 1 aliphatic heterocycles. The zero-order valence-corrected chi connectivity index (χ0v) is 16.9. The molecule has 1 aromatic carbocycles. The van der Waals surface area contributed by atoms with Crippen molar-refractivity contribution in [1.82, 2.24) is 20.0 Å². The average molecular weight is 404 g/mol. The molecule has 0 bridgehead atoms. The number of amides is 4. The SMILES string of the molecule is Cc1ccc(-n2cc(/C=C3\C(=O)NC(=O)N(CCC4=CCCCC4)C3=O)cn2)cc1. The molecule has 7 nitrogen and oxygen atoms in total. The maximum atomic E-state index is 12.9. The fraction of sp³-hybridized carbons (Fsp3) is 0.304. The Kier molecular flexibility index (Phi) is 5.61. The Balaban J connectivity index is 1.52. The van der Waals surface area contributed by atoms with E-state index in [1.807, 2.05) is 31.2 Å². The number of aryl methyl sites for hydroxylation is 1. The van der Waals surface area contributed by atoms with E-state index in [1.165, 1.54) is 18.1 Å². The summed E-state index contributed by atoms with van der Waals surface area (Å²) in [4.78, 5) is 38.5. The predicted molar refractivity (Wildman–Crippen MR) is 113 cm³/mol. The summed E-state index contributed by atoms with van der Waals surface area (Å²) in [5.41, 5.74) is 3.84. The van der Waals surface area contributed by atoms with E-state index in [1.54, 1.807) is 17.1 Å². The van der Waals surface area contributed by atoms with Crippen LogP contribution in [-0.2, 0) is 9.59 Å². The largest absolute Gasteiger partial charge is 0.331 e. The number of rotatable bonds is 5. The second kappa shape index (κ2) is 8.49. The molecule has 0 radical (unpaired) electrons. The van der Waals surface area contributed by atoms with E-state index in [0.29, 0.717) is 12.0 Å². The van der Waals surface area contributed by atoms with Crippen molar-refractivity contribution in [3.05, 3.63) is 65.0 Å². The van der Waals surface area contributed by atoms with Gasteiger partial charge >= 0.3 is 6.03 Å². The van der Waals surface area contributed by atoms with Crippen molar-refractivity contribution >= 4 is 23.9 Å². The van der Waals surface area contributed by atoms with Crippen molar-refractivity contribution in [3.8, 4) is 5.69 Å². The van der Waals surface area contributed by atoms with Gasteiger partial charge in [0.15, 0.2) is 0 Å². The third kappa shape index (κ3) is 4.25. The van der Waals surface area contributed by atoms with Crippen molar-refractivity contribution in [2.75, 3.05) is 6.54 Å². The highest BCUT2D eigenvalue weighted by atomic mass is 16.2. The Morgan fingerprint density at radius 2 is 1.93 bits per heavy atom. The van der Waals surface area contributed by atoms with Gasteiger partial charge in [0.1, 0.15) is 5.57 Å². The van der Waals surface area contributed by atoms with Gasteiger partial charge in [-0.1, -0.05) is 29.3 Å². The molecule has 4 rings (SSSR count). The Morgan fingerprint density at radius 3 is 2.67 bits per heavy atom. The molecule has 2 aliphatic rings. The molecular weight excluding hydrogens is 380 g/mol. The maximum Gasteiger partial charge on any atom is 0.331 e. The minimum absolute atomic E-state index is 0.0596. The zero-order valence-electron chi connectivity index (χ0n) is 16.9. The van der Waals surface area contributed by atoms with Crippen LogP contribution >= 0.6 is 0 Å². The number of allylic oxidation sites excluding steroid dienone is 1. The fourth-order valence-corrected chi connectivity index (χ4v) is 3.70. The monoisotopic (exact) mass is 404 g/mol. The molecule has 1 saturated heterocycles.